The first-order valence-electron chi connectivity index (χ1n) is 6.73. The Balaban J connectivity index is 1.65. The van der Waals surface area contributed by atoms with Crippen molar-refractivity contribution in [2.75, 3.05) is 13.2 Å². The largest absolute Gasteiger partial charge is 0.396 e. The number of fused-ring (bicyclic) bond motifs is 1. The molecular formula is C15H19NO2. The van der Waals surface area contributed by atoms with Crippen LogP contribution in [-0.4, -0.2) is 24.2 Å². The molecule has 0 aliphatic heterocycles. The summed E-state index contributed by atoms with van der Waals surface area (Å²) >= 11 is 0. The fraction of sp³-hybridized carbons (Fsp3) is 0.533. The van der Waals surface area contributed by atoms with Crippen molar-refractivity contribution in [1.29, 1.82) is 0 Å². The molecule has 1 amide bonds. The maximum absolute atomic E-state index is 12.0. The van der Waals surface area contributed by atoms with Gasteiger partial charge >= 0.3 is 0 Å². The van der Waals surface area contributed by atoms with Crippen LogP contribution in [0.2, 0.25) is 0 Å². The molecule has 0 bridgehead atoms. The predicted molar refractivity (Wildman–Crippen MR) is 69.6 cm³/mol. The van der Waals surface area contributed by atoms with Gasteiger partial charge in [-0.15, -0.1) is 0 Å². The molecule has 1 aromatic rings. The minimum absolute atomic E-state index is 0.00979. The smallest absolute Gasteiger partial charge is 0.251 e. The van der Waals surface area contributed by atoms with Crippen molar-refractivity contribution < 1.29 is 9.90 Å². The molecule has 0 unspecified atom stereocenters. The van der Waals surface area contributed by atoms with E-state index in [0.717, 1.165) is 31.2 Å². The number of carbonyl (C=O) groups is 1. The quantitative estimate of drug-likeness (QED) is 0.848. The number of carbonyl (C=O) groups excluding carboxylic acids is 1. The molecule has 18 heavy (non-hydrogen) atoms. The summed E-state index contributed by atoms with van der Waals surface area (Å²) in [7, 11) is 0. The average Bonchev–Trinajstić information content (AvgIpc) is 3.04. The van der Waals surface area contributed by atoms with Gasteiger partial charge in [0, 0.05) is 17.5 Å². The van der Waals surface area contributed by atoms with Gasteiger partial charge in [0.1, 0.15) is 0 Å². The van der Waals surface area contributed by atoms with Crippen LogP contribution in [0.1, 0.15) is 40.7 Å². The van der Waals surface area contributed by atoms with Gasteiger partial charge in [0.2, 0.25) is 0 Å². The third-order valence-electron chi connectivity index (χ3n) is 4.28. The molecule has 2 aliphatic carbocycles. The molecular weight excluding hydrogens is 226 g/mol. The summed E-state index contributed by atoms with van der Waals surface area (Å²) in [6.07, 6.45) is 5.48. The van der Waals surface area contributed by atoms with Crippen molar-refractivity contribution >= 4 is 5.91 Å². The van der Waals surface area contributed by atoms with Crippen molar-refractivity contribution in [3.63, 3.8) is 0 Å². The molecule has 0 saturated heterocycles. The summed E-state index contributed by atoms with van der Waals surface area (Å²) in [6, 6.07) is 6.02. The lowest BCUT2D eigenvalue weighted by molar-refractivity contribution is 0.0935. The molecule has 0 heterocycles. The number of hydrogen-bond donors (Lipinski definition) is 2. The first-order chi connectivity index (χ1) is 8.72. The van der Waals surface area contributed by atoms with Crippen LogP contribution in [0.3, 0.4) is 0 Å². The molecule has 0 atom stereocenters. The topological polar surface area (TPSA) is 49.3 Å². The highest BCUT2D eigenvalue weighted by molar-refractivity contribution is 5.94. The predicted octanol–water partition coefficient (Wildman–Crippen LogP) is 1.68. The van der Waals surface area contributed by atoms with Gasteiger partial charge in [0.15, 0.2) is 0 Å². The Hall–Kier alpha value is -1.35. The molecule has 1 fully saturated rings. The maximum Gasteiger partial charge on any atom is 0.251 e. The van der Waals surface area contributed by atoms with Crippen molar-refractivity contribution in [2.45, 2.75) is 32.1 Å². The monoisotopic (exact) mass is 245 g/mol. The first-order valence-corrected chi connectivity index (χ1v) is 6.73. The Kier molecular flexibility index (Phi) is 2.86. The summed E-state index contributed by atoms with van der Waals surface area (Å²) in [5.41, 5.74) is 3.45. The Labute approximate surface area is 107 Å². The number of aliphatic hydroxyl groups excluding tert-OH is 1. The van der Waals surface area contributed by atoms with Gasteiger partial charge in [-0.1, -0.05) is 6.07 Å². The van der Waals surface area contributed by atoms with Gasteiger partial charge < -0.3 is 10.4 Å². The highest BCUT2D eigenvalue weighted by Crippen LogP contribution is 2.44. The number of nitrogens with one attached hydrogen (secondary N) is 1. The summed E-state index contributed by atoms with van der Waals surface area (Å²) < 4.78 is 0. The van der Waals surface area contributed by atoms with Crippen molar-refractivity contribution in [1.82, 2.24) is 5.32 Å². The maximum atomic E-state index is 12.0. The van der Waals surface area contributed by atoms with E-state index in [4.69, 9.17) is 0 Å². The molecule has 2 N–H and O–H groups in total. The molecule has 0 aromatic heterocycles. The van der Waals surface area contributed by atoms with Crippen molar-refractivity contribution in [3.8, 4) is 0 Å². The van der Waals surface area contributed by atoms with E-state index in [0.29, 0.717) is 6.54 Å². The van der Waals surface area contributed by atoms with E-state index in [1.165, 1.54) is 17.5 Å². The third-order valence-corrected chi connectivity index (χ3v) is 4.28. The summed E-state index contributed by atoms with van der Waals surface area (Å²) in [5.74, 6) is -0.00979. The van der Waals surface area contributed by atoms with Crippen LogP contribution in [0.15, 0.2) is 18.2 Å². The lowest BCUT2D eigenvalue weighted by Crippen LogP contribution is -2.31. The standard InChI is InChI=1S/C15H19NO2/c17-10-15(6-7-15)9-16-14(18)13-5-4-11-2-1-3-12(11)8-13/h4-5,8,17H,1-3,6-7,9-10H2,(H,16,18). The van der Waals surface area contributed by atoms with Crippen molar-refractivity contribution in [3.05, 3.63) is 34.9 Å². The Morgan fingerprint density at radius 2 is 2.06 bits per heavy atom. The summed E-state index contributed by atoms with van der Waals surface area (Å²) in [6.45, 7) is 0.775. The highest BCUT2D eigenvalue weighted by Gasteiger charge is 2.42. The van der Waals surface area contributed by atoms with E-state index in [1.807, 2.05) is 12.1 Å². The summed E-state index contributed by atoms with van der Waals surface area (Å²) in [4.78, 5) is 12.0. The molecule has 2 aliphatic rings. The zero-order valence-electron chi connectivity index (χ0n) is 10.5. The minimum Gasteiger partial charge on any atom is -0.396 e. The SMILES string of the molecule is O=C(NCC1(CO)CC1)c1ccc2c(c1)CCC2. The Morgan fingerprint density at radius 1 is 1.28 bits per heavy atom. The second-order valence-corrected chi connectivity index (χ2v) is 5.68. The number of amides is 1. The number of aryl methyl sites for hydroxylation is 2. The molecule has 1 aromatic carbocycles. The fourth-order valence-electron chi connectivity index (χ4n) is 2.65. The van der Waals surface area contributed by atoms with E-state index >= 15 is 0 Å². The zero-order valence-corrected chi connectivity index (χ0v) is 10.5. The molecule has 3 rings (SSSR count). The van der Waals surface area contributed by atoms with E-state index in [9.17, 15) is 9.90 Å². The van der Waals surface area contributed by atoms with Gasteiger partial charge in [-0.2, -0.15) is 0 Å². The lowest BCUT2D eigenvalue weighted by atomic mass is 10.1. The number of aliphatic hydroxyl groups is 1. The second kappa shape index (κ2) is 4.39. The average molecular weight is 245 g/mol. The Bertz CT molecular complexity index is 477. The van der Waals surface area contributed by atoms with Crippen LogP contribution in [0.25, 0.3) is 0 Å². The van der Waals surface area contributed by atoms with E-state index in [2.05, 4.69) is 11.4 Å². The normalized spacial score (nSPS) is 19.4. The third kappa shape index (κ3) is 2.15. The van der Waals surface area contributed by atoms with Crippen LogP contribution in [-0.2, 0) is 12.8 Å². The van der Waals surface area contributed by atoms with Crippen LogP contribution < -0.4 is 5.32 Å². The van der Waals surface area contributed by atoms with Crippen LogP contribution in [0.4, 0.5) is 0 Å². The number of hydrogen-bond acceptors (Lipinski definition) is 2. The van der Waals surface area contributed by atoms with Crippen LogP contribution in [0.5, 0.6) is 0 Å². The van der Waals surface area contributed by atoms with Gasteiger partial charge in [-0.05, 0) is 55.4 Å². The second-order valence-electron chi connectivity index (χ2n) is 5.68. The molecule has 1 saturated carbocycles. The highest BCUT2D eigenvalue weighted by atomic mass is 16.3. The first kappa shape index (κ1) is 11.7. The molecule has 0 spiro atoms. The van der Waals surface area contributed by atoms with E-state index in [1.54, 1.807) is 0 Å². The number of rotatable bonds is 4. The fourth-order valence-corrected chi connectivity index (χ4v) is 2.65. The number of benzene rings is 1. The van der Waals surface area contributed by atoms with E-state index in [-0.39, 0.29) is 17.9 Å². The van der Waals surface area contributed by atoms with Gasteiger partial charge in [0.25, 0.3) is 5.91 Å². The minimum atomic E-state index is -0.0214. The molecule has 3 nitrogen and oxygen atoms in total. The lowest BCUT2D eigenvalue weighted by Gasteiger charge is -2.13. The molecule has 0 radical (unpaired) electrons. The van der Waals surface area contributed by atoms with Gasteiger partial charge in [0.05, 0.1) is 6.61 Å². The molecule has 96 valence electrons. The van der Waals surface area contributed by atoms with Crippen molar-refractivity contribution in [2.24, 2.45) is 5.41 Å². The van der Waals surface area contributed by atoms with Gasteiger partial charge in [-0.3, -0.25) is 4.79 Å². The zero-order chi connectivity index (χ0) is 12.6. The molecule has 3 heteroatoms. The summed E-state index contributed by atoms with van der Waals surface area (Å²) in [5, 5.41) is 12.2. The Morgan fingerprint density at radius 3 is 2.78 bits per heavy atom. The van der Waals surface area contributed by atoms with Gasteiger partial charge in [-0.25, -0.2) is 0 Å². The van der Waals surface area contributed by atoms with Crippen LogP contribution >= 0.6 is 0 Å². The van der Waals surface area contributed by atoms with E-state index < -0.39 is 0 Å². The van der Waals surface area contributed by atoms with Crippen LogP contribution in [0, 0.1) is 5.41 Å².